The maximum absolute atomic E-state index is 12.0. The van der Waals surface area contributed by atoms with E-state index in [0.717, 1.165) is 15.6 Å². The van der Waals surface area contributed by atoms with E-state index in [2.05, 4.69) is 15.3 Å². The number of aromatic amines is 1. The van der Waals surface area contributed by atoms with Gasteiger partial charge in [0.15, 0.2) is 0 Å². The van der Waals surface area contributed by atoms with Crippen LogP contribution in [0.3, 0.4) is 0 Å². The number of rotatable bonds is 3. The van der Waals surface area contributed by atoms with E-state index in [1.165, 1.54) is 12.3 Å². The molecule has 1 amide bonds. The zero-order valence-electron chi connectivity index (χ0n) is 11.0. The van der Waals surface area contributed by atoms with E-state index in [4.69, 9.17) is 0 Å². The lowest BCUT2D eigenvalue weighted by atomic mass is 10.2. The molecule has 2 aromatic rings. The highest BCUT2D eigenvalue weighted by atomic mass is 32.1. The van der Waals surface area contributed by atoms with E-state index >= 15 is 0 Å². The predicted molar refractivity (Wildman–Crippen MR) is 74.5 cm³/mol. The van der Waals surface area contributed by atoms with Crippen LogP contribution in [0.15, 0.2) is 23.1 Å². The first-order valence-corrected chi connectivity index (χ1v) is 6.72. The molecule has 5 nitrogen and oxygen atoms in total. The molecule has 0 saturated carbocycles. The van der Waals surface area contributed by atoms with Gasteiger partial charge < -0.3 is 10.3 Å². The molecule has 2 N–H and O–H groups in total. The first-order valence-electron chi connectivity index (χ1n) is 5.91. The van der Waals surface area contributed by atoms with Crippen molar-refractivity contribution in [2.45, 2.75) is 26.8 Å². The summed E-state index contributed by atoms with van der Waals surface area (Å²) in [6.45, 7) is 5.77. The quantitative estimate of drug-likeness (QED) is 0.900. The van der Waals surface area contributed by atoms with E-state index < -0.39 is 0 Å². The van der Waals surface area contributed by atoms with Gasteiger partial charge in [-0.2, -0.15) is 0 Å². The smallest absolute Gasteiger partial charge is 0.252 e. The Morgan fingerprint density at radius 3 is 2.79 bits per heavy atom. The Bertz CT molecular complexity index is 660. The maximum Gasteiger partial charge on any atom is 0.252 e. The van der Waals surface area contributed by atoms with Crippen molar-refractivity contribution in [3.05, 3.63) is 49.8 Å². The summed E-state index contributed by atoms with van der Waals surface area (Å²) in [4.78, 5) is 31.0. The van der Waals surface area contributed by atoms with E-state index in [-0.39, 0.29) is 17.5 Å². The normalized spacial score (nSPS) is 12.2. The lowest BCUT2D eigenvalue weighted by molar-refractivity contribution is 0.0940. The summed E-state index contributed by atoms with van der Waals surface area (Å²) in [6.07, 6.45) is 1.46. The number of nitrogens with one attached hydrogen (secondary N) is 2. The number of thiazole rings is 1. The van der Waals surface area contributed by atoms with Crippen LogP contribution in [0.1, 0.15) is 38.9 Å². The molecule has 0 fully saturated rings. The Morgan fingerprint density at radius 2 is 2.21 bits per heavy atom. The SMILES string of the molecule is Cc1nc(C)c(C(C)NC(=O)c2cc[nH]c(=O)c2)s1. The number of carbonyl (C=O) groups excluding carboxylic acids is 1. The summed E-state index contributed by atoms with van der Waals surface area (Å²) in [5.74, 6) is -0.260. The molecule has 2 heterocycles. The van der Waals surface area contributed by atoms with Gasteiger partial charge in [-0.3, -0.25) is 9.59 Å². The molecule has 6 heteroatoms. The summed E-state index contributed by atoms with van der Waals surface area (Å²) in [6, 6.07) is 2.74. The number of hydrogen-bond acceptors (Lipinski definition) is 4. The van der Waals surface area contributed by atoms with Crippen LogP contribution in [0.4, 0.5) is 0 Å². The van der Waals surface area contributed by atoms with Gasteiger partial charge in [-0.25, -0.2) is 4.98 Å². The van der Waals surface area contributed by atoms with E-state index in [9.17, 15) is 9.59 Å². The molecule has 0 aliphatic heterocycles. The molecule has 0 radical (unpaired) electrons. The molecule has 100 valence electrons. The molecular formula is C13H15N3O2S. The highest BCUT2D eigenvalue weighted by molar-refractivity contribution is 7.11. The van der Waals surface area contributed by atoms with Crippen molar-refractivity contribution in [1.82, 2.24) is 15.3 Å². The zero-order valence-corrected chi connectivity index (χ0v) is 11.8. The van der Waals surface area contributed by atoms with Crippen LogP contribution in [0.5, 0.6) is 0 Å². The van der Waals surface area contributed by atoms with E-state index in [1.807, 2.05) is 20.8 Å². The summed E-state index contributed by atoms with van der Waals surface area (Å²) >= 11 is 1.57. The van der Waals surface area contributed by atoms with Gasteiger partial charge in [0.2, 0.25) is 5.56 Å². The molecule has 1 atom stereocenters. The van der Waals surface area contributed by atoms with Crippen LogP contribution >= 0.6 is 11.3 Å². The van der Waals surface area contributed by atoms with Crippen molar-refractivity contribution in [1.29, 1.82) is 0 Å². The molecule has 0 aromatic carbocycles. The highest BCUT2D eigenvalue weighted by Gasteiger charge is 2.16. The number of H-pyrrole nitrogens is 1. The number of hydrogen-bond donors (Lipinski definition) is 2. The number of carbonyl (C=O) groups is 1. The second-order valence-electron chi connectivity index (χ2n) is 4.32. The third-order valence-corrected chi connectivity index (χ3v) is 3.97. The lowest BCUT2D eigenvalue weighted by Crippen LogP contribution is -2.27. The average molecular weight is 277 g/mol. The van der Waals surface area contributed by atoms with Crippen molar-refractivity contribution >= 4 is 17.2 Å². The number of nitrogens with zero attached hydrogens (tertiary/aromatic N) is 1. The molecule has 0 saturated heterocycles. The average Bonchev–Trinajstić information content (AvgIpc) is 2.68. The number of pyridine rings is 1. The van der Waals surface area contributed by atoms with Gasteiger partial charge in [0.05, 0.1) is 16.7 Å². The fraction of sp³-hybridized carbons (Fsp3) is 0.308. The van der Waals surface area contributed by atoms with Crippen LogP contribution in [0.2, 0.25) is 0 Å². The summed E-state index contributed by atoms with van der Waals surface area (Å²) < 4.78 is 0. The minimum absolute atomic E-state index is 0.127. The maximum atomic E-state index is 12.0. The molecule has 0 aliphatic carbocycles. The van der Waals surface area contributed by atoms with E-state index in [1.54, 1.807) is 17.4 Å². The molecule has 0 aliphatic rings. The van der Waals surface area contributed by atoms with Gasteiger partial charge in [0, 0.05) is 22.7 Å². The number of aryl methyl sites for hydroxylation is 2. The first kappa shape index (κ1) is 13.5. The Morgan fingerprint density at radius 1 is 1.47 bits per heavy atom. The van der Waals surface area contributed by atoms with Crippen molar-refractivity contribution in [3.8, 4) is 0 Å². The van der Waals surface area contributed by atoms with Crippen molar-refractivity contribution in [3.63, 3.8) is 0 Å². The lowest BCUT2D eigenvalue weighted by Gasteiger charge is -2.12. The van der Waals surface area contributed by atoms with Gasteiger partial charge >= 0.3 is 0 Å². The fourth-order valence-electron chi connectivity index (χ4n) is 1.88. The Kier molecular flexibility index (Phi) is 3.80. The van der Waals surface area contributed by atoms with Crippen molar-refractivity contribution in [2.75, 3.05) is 0 Å². The monoisotopic (exact) mass is 277 g/mol. The van der Waals surface area contributed by atoms with Crippen LogP contribution in [-0.2, 0) is 0 Å². The Labute approximate surface area is 114 Å². The van der Waals surface area contributed by atoms with Gasteiger partial charge in [0.25, 0.3) is 5.91 Å². The number of amides is 1. The molecule has 0 bridgehead atoms. The minimum atomic E-state index is -0.287. The topological polar surface area (TPSA) is 74.8 Å². The predicted octanol–water partition coefficient (Wildman–Crippen LogP) is 1.94. The molecule has 0 spiro atoms. The first-order chi connectivity index (χ1) is 8.97. The molecule has 2 aromatic heterocycles. The third kappa shape index (κ3) is 3.08. The Balaban J connectivity index is 2.15. The fourth-order valence-corrected chi connectivity index (χ4v) is 2.81. The van der Waals surface area contributed by atoms with Crippen molar-refractivity contribution in [2.24, 2.45) is 0 Å². The minimum Gasteiger partial charge on any atom is -0.345 e. The standard InChI is InChI=1S/C13H15N3O2S/c1-7-12(19-9(3)15-7)8(2)16-13(18)10-4-5-14-11(17)6-10/h4-6,8H,1-3H3,(H,14,17)(H,16,18). The van der Waals surface area contributed by atoms with Crippen molar-refractivity contribution < 1.29 is 4.79 Å². The van der Waals surface area contributed by atoms with Gasteiger partial charge in [-0.05, 0) is 26.8 Å². The van der Waals surface area contributed by atoms with Crippen LogP contribution in [0, 0.1) is 13.8 Å². The largest absolute Gasteiger partial charge is 0.345 e. The second-order valence-corrected chi connectivity index (χ2v) is 5.55. The summed E-state index contributed by atoms with van der Waals surface area (Å²) in [7, 11) is 0. The molecular weight excluding hydrogens is 262 g/mol. The summed E-state index contributed by atoms with van der Waals surface area (Å²) in [5, 5.41) is 3.85. The van der Waals surface area contributed by atoms with Crippen LogP contribution in [0.25, 0.3) is 0 Å². The van der Waals surface area contributed by atoms with E-state index in [0.29, 0.717) is 5.56 Å². The van der Waals surface area contributed by atoms with Gasteiger partial charge in [-0.15, -0.1) is 11.3 Å². The Hall–Kier alpha value is -1.95. The second kappa shape index (κ2) is 5.36. The third-order valence-electron chi connectivity index (χ3n) is 2.72. The zero-order chi connectivity index (χ0) is 14.0. The molecule has 2 rings (SSSR count). The van der Waals surface area contributed by atoms with Crippen LogP contribution in [-0.4, -0.2) is 15.9 Å². The van der Waals surface area contributed by atoms with Crippen LogP contribution < -0.4 is 10.9 Å². The number of aromatic nitrogens is 2. The van der Waals surface area contributed by atoms with Gasteiger partial charge in [0.1, 0.15) is 0 Å². The summed E-state index contributed by atoms with van der Waals surface area (Å²) in [5.41, 5.74) is 1.00. The molecule has 19 heavy (non-hydrogen) atoms. The molecule has 1 unspecified atom stereocenters. The highest BCUT2D eigenvalue weighted by Crippen LogP contribution is 2.24. The van der Waals surface area contributed by atoms with Gasteiger partial charge in [-0.1, -0.05) is 0 Å².